The number of hydrogen-bond donors (Lipinski definition) is 1. The topological polar surface area (TPSA) is 61.2 Å². The number of nitrogens with one attached hydrogen (secondary N) is 1. The molecule has 0 amide bonds. The minimum Gasteiger partial charge on any atom is -0.493 e. The van der Waals surface area contributed by atoms with Crippen molar-refractivity contribution in [2.75, 3.05) is 32.1 Å². The van der Waals surface area contributed by atoms with Crippen LogP contribution in [0.25, 0.3) is 0 Å². The van der Waals surface area contributed by atoms with Gasteiger partial charge in [-0.1, -0.05) is 73.2 Å². The Balaban J connectivity index is 0.00000301. The van der Waals surface area contributed by atoms with Crippen LogP contribution in [0.5, 0.6) is 5.75 Å². The zero-order chi connectivity index (χ0) is 31.1. The van der Waals surface area contributed by atoms with Crippen molar-refractivity contribution in [3.63, 3.8) is 0 Å². The largest absolute Gasteiger partial charge is 0.493 e. The Hall–Kier alpha value is -2.18. The molecule has 8 heteroatoms. The van der Waals surface area contributed by atoms with Crippen LogP contribution in [0.4, 0.5) is 5.69 Å². The molecule has 0 bridgehead atoms. The van der Waals surface area contributed by atoms with E-state index in [0.29, 0.717) is 11.5 Å². The van der Waals surface area contributed by atoms with Crippen LogP contribution in [0.2, 0.25) is 0 Å². The van der Waals surface area contributed by atoms with Crippen LogP contribution < -0.4 is 10.1 Å². The number of benzene rings is 1. The van der Waals surface area contributed by atoms with E-state index in [9.17, 15) is 5.26 Å². The number of aromatic nitrogens is 1. The van der Waals surface area contributed by atoms with Gasteiger partial charge in [-0.05, 0) is 101 Å². The van der Waals surface area contributed by atoms with E-state index in [1.54, 1.807) is 29.7 Å². The third kappa shape index (κ3) is 11.1. The number of pyridine rings is 1. The maximum absolute atomic E-state index is 9.94. The molecule has 1 N–H and O–H groups in total. The molecule has 2 heterocycles. The monoisotopic (exact) mass is 670 g/mol. The van der Waals surface area contributed by atoms with E-state index >= 15 is 0 Å². The third-order valence-electron chi connectivity index (χ3n) is 6.89. The van der Waals surface area contributed by atoms with Crippen LogP contribution in [-0.2, 0) is 0 Å². The molecule has 1 fully saturated rings. The maximum Gasteiger partial charge on any atom is 0.119 e. The van der Waals surface area contributed by atoms with Crippen LogP contribution >= 0.6 is 39.5 Å². The number of halogens is 1. The van der Waals surface area contributed by atoms with Crippen LogP contribution in [0.1, 0.15) is 78.5 Å². The fraction of sp³-hybridized carbons (Fsp3) is 0.471. The van der Waals surface area contributed by atoms with Gasteiger partial charge in [-0.3, -0.25) is 4.98 Å². The predicted octanol–water partition coefficient (Wildman–Crippen LogP) is 10.5. The highest BCUT2D eigenvalue weighted by molar-refractivity contribution is 9.11. The summed E-state index contributed by atoms with van der Waals surface area (Å²) >= 11 is 6.91. The highest BCUT2D eigenvalue weighted by Crippen LogP contribution is 2.43. The molecule has 1 aromatic carbocycles. The Kier molecular flexibility index (Phi) is 16.4. The number of likely N-dealkylation sites (tertiary alicyclic amines) is 1. The van der Waals surface area contributed by atoms with Crippen molar-refractivity contribution < 1.29 is 4.74 Å². The van der Waals surface area contributed by atoms with Gasteiger partial charge in [-0.2, -0.15) is 5.26 Å². The summed E-state index contributed by atoms with van der Waals surface area (Å²) in [5.74, 6) is 1.49. The summed E-state index contributed by atoms with van der Waals surface area (Å²) in [6.45, 7) is 17.5. The number of piperidine rings is 1. The van der Waals surface area contributed by atoms with Gasteiger partial charge in [0, 0.05) is 33.7 Å². The molecular formula is C34H47BrN4OS2. The molecule has 1 saturated heterocycles. The molecule has 0 spiro atoms. The first kappa shape index (κ1) is 36.0. The number of aryl methyl sites for hydroxylation is 1. The molecule has 1 aromatic heterocycles. The van der Waals surface area contributed by atoms with Gasteiger partial charge < -0.3 is 15.0 Å². The van der Waals surface area contributed by atoms with Crippen molar-refractivity contribution in [2.24, 2.45) is 5.92 Å². The molecule has 0 aliphatic carbocycles. The lowest BCUT2D eigenvalue weighted by atomic mass is 10.00. The van der Waals surface area contributed by atoms with Gasteiger partial charge >= 0.3 is 0 Å². The molecule has 1 unspecified atom stereocenters. The van der Waals surface area contributed by atoms with Gasteiger partial charge in [0.15, 0.2) is 0 Å². The number of nitrogens with zero attached hydrogens (tertiary/aromatic N) is 3. The van der Waals surface area contributed by atoms with Crippen LogP contribution in [0.15, 0.2) is 72.4 Å². The first-order valence-electron chi connectivity index (χ1n) is 14.9. The molecule has 2 aromatic rings. The second-order valence-electron chi connectivity index (χ2n) is 10.1. The van der Waals surface area contributed by atoms with Crippen molar-refractivity contribution >= 4 is 45.1 Å². The minimum absolute atomic E-state index is 0.588. The zero-order valence-corrected chi connectivity index (χ0v) is 29.7. The maximum atomic E-state index is 9.94. The number of thioether (sulfide) groups is 2. The quantitative estimate of drug-likeness (QED) is 0.178. The third-order valence-corrected chi connectivity index (χ3v) is 10.4. The van der Waals surface area contributed by atoms with Gasteiger partial charge in [0.25, 0.3) is 0 Å². The second-order valence-corrected chi connectivity index (χ2v) is 13.1. The lowest BCUT2D eigenvalue weighted by Crippen LogP contribution is -2.34. The van der Waals surface area contributed by atoms with E-state index in [0.717, 1.165) is 62.4 Å². The molecular weight excluding hydrogens is 624 g/mol. The molecule has 228 valence electrons. The van der Waals surface area contributed by atoms with Crippen molar-refractivity contribution in [3.05, 3.63) is 73.9 Å². The molecule has 1 aliphatic rings. The average Bonchev–Trinajstić information content (AvgIpc) is 3.01. The fourth-order valence-corrected chi connectivity index (χ4v) is 7.12. The van der Waals surface area contributed by atoms with Gasteiger partial charge in [0.05, 0.1) is 27.8 Å². The molecule has 0 radical (unpaired) electrons. The summed E-state index contributed by atoms with van der Waals surface area (Å²) in [7, 11) is 2.19. The van der Waals surface area contributed by atoms with Crippen molar-refractivity contribution in [3.8, 4) is 11.8 Å². The Morgan fingerprint density at radius 3 is 2.50 bits per heavy atom. The number of nitriles is 1. The van der Waals surface area contributed by atoms with E-state index in [1.165, 1.54) is 29.9 Å². The van der Waals surface area contributed by atoms with Gasteiger partial charge in [0.2, 0.25) is 0 Å². The lowest BCUT2D eigenvalue weighted by Gasteiger charge is -2.29. The summed E-state index contributed by atoms with van der Waals surface area (Å²) in [4.78, 5) is 10.1. The molecule has 1 atom stereocenters. The Morgan fingerprint density at radius 1 is 1.19 bits per heavy atom. The summed E-state index contributed by atoms with van der Waals surface area (Å²) in [6.07, 6.45) is 10.1. The summed E-state index contributed by atoms with van der Waals surface area (Å²) < 4.78 is 7.16. The molecule has 42 heavy (non-hydrogen) atoms. The van der Waals surface area contributed by atoms with Gasteiger partial charge in [-0.25, -0.2) is 0 Å². The Morgan fingerprint density at radius 2 is 1.90 bits per heavy atom. The fourth-order valence-electron chi connectivity index (χ4n) is 4.31. The Labute approximate surface area is 271 Å². The number of hydrogen-bond acceptors (Lipinski definition) is 7. The zero-order valence-electron chi connectivity index (χ0n) is 26.5. The van der Waals surface area contributed by atoms with E-state index in [-0.39, 0.29) is 0 Å². The predicted molar refractivity (Wildman–Crippen MR) is 187 cm³/mol. The summed E-state index contributed by atoms with van der Waals surface area (Å²) in [6, 6.07) is 10.6. The van der Waals surface area contributed by atoms with E-state index in [2.05, 4.69) is 83.2 Å². The van der Waals surface area contributed by atoms with Crippen LogP contribution in [-0.4, -0.2) is 36.6 Å². The molecule has 1 aliphatic heterocycles. The average molecular weight is 672 g/mol. The minimum atomic E-state index is 0.588. The smallest absolute Gasteiger partial charge is 0.119 e. The molecule has 0 saturated carbocycles. The normalized spacial score (nSPS) is 16.6. The standard InChI is InChI=1S/C32H41BrN4OS2.C2H6/c1-7-22(4)32(36-27-12-14-28(15-13-27)38-21-24-11-10-16-37(6)20-24)40-30-23(5)35-19-25(18-34)31(30)39-29(9-3)17-26(33)8-2;1-2/h8,12-15,17,19,24,36H,7,9-11,16,20-21H2,1-6H3;1-2H3/b26-8+,29-17+,32-22?;. The van der Waals surface area contributed by atoms with E-state index < -0.39 is 0 Å². The van der Waals surface area contributed by atoms with Crippen molar-refractivity contribution in [1.82, 2.24) is 9.88 Å². The Bertz CT molecular complexity index is 1280. The first-order valence-corrected chi connectivity index (χ1v) is 17.4. The highest BCUT2D eigenvalue weighted by Gasteiger charge is 2.19. The van der Waals surface area contributed by atoms with E-state index in [4.69, 9.17) is 4.74 Å². The van der Waals surface area contributed by atoms with Gasteiger partial charge in [0.1, 0.15) is 11.8 Å². The first-order chi connectivity index (χ1) is 20.3. The highest BCUT2D eigenvalue weighted by atomic mass is 79.9. The number of allylic oxidation sites excluding steroid dienone is 5. The summed E-state index contributed by atoms with van der Waals surface area (Å²) in [5.41, 5.74) is 3.75. The van der Waals surface area contributed by atoms with E-state index in [1.807, 2.05) is 45.9 Å². The molecule has 3 rings (SSSR count). The lowest BCUT2D eigenvalue weighted by molar-refractivity contribution is 0.150. The van der Waals surface area contributed by atoms with Crippen LogP contribution in [0.3, 0.4) is 0 Å². The number of ether oxygens (including phenoxy) is 1. The van der Waals surface area contributed by atoms with Gasteiger partial charge in [-0.15, -0.1) is 0 Å². The second kappa shape index (κ2) is 19.2. The SMILES string of the molecule is C/C=C(Br)\C=C(/CC)Sc1c(C#N)cnc(C)c1SC(Nc1ccc(OCC2CCCN(C)C2)cc1)=C(C)CC.CC. The molecule has 5 nitrogen and oxygen atoms in total. The van der Waals surface area contributed by atoms with Crippen molar-refractivity contribution in [2.45, 2.75) is 83.9 Å². The van der Waals surface area contributed by atoms with Crippen molar-refractivity contribution in [1.29, 1.82) is 5.26 Å². The van der Waals surface area contributed by atoms with Crippen LogP contribution in [0, 0.1) is 24.2 Å². The number of anilines is 1. The number of rotatable bonds is 12. The summed E-state index contributed by atoms with van der Waals surface area (Å²) in [5, 5.41) is 14.6.